The molecule has 1 aliphatic heterocycles. The molecule has 1 aromatic rings. The minimum Gasteiger partial charge on any atom is -0.394 e. The van der Waals surface area contributed by atoms with Crippen molar-refractivity contribution in [3.8, 4) is 0 Å². The molecule has 6 N–H and O–H groups in total. The van der Waals surface area contributed by atoms with E-state index in [0.717, 1.165) is 0 Å². The molecule has 1 aromatic heterocycles. The molecule has 106 valence electrons. The molecule has 1 fully saturated rings. The van der Waals surface area contributed by atoms with Crippen molar-refractivity contribution in [2.75, 3.05) is 12.3 Å². The molecule has 19 heavy (non-hydrogen) atoms. The van der Waals surface area contributed by atoms with Crippen LogP contribution < -0.4 is 16.9 Å². The molecule has 1 saturated heterocycles. The van der Waals surface area contributed by atoms with Crippen LogP contribution in [0.25, 0.3) is 0 Å². The van der Waals surface area contributed by atoms with Crippen molar-refractivity contribution >= 4 is 5.82 Å². The fourth-order valence-electron chi connectivity index (χ4n) is 2.00. The topological polar surface area (TPSA) is 143 Å². The first kappa shape index (κ1) is 13.9. The number of aromatic nitrogens is 2. The molecule has 3 atom stereocenters. The minimum absolute atomic E-state index is 0.0139. The summed E-state index contributed by atoms with van der Waals surface area (Å²) in [7, 11) is 0. The third-order valence-corrected chi connectivity index (χ3v) is 3.02. The maximum atomic E-state index is 11.7. The number of hydroxylamine groups is 1. The molecule has 0 aromatic carbocycles. The Labute approximate surface area is 108 Å². The summed E-state index contributed by atoms with van der Waals surface area (Å²) in [5, 5.41) is 27.3. The van der Waals surface area contributed by atoms with Gasteiger partial charge in [-0.1, -0.05) is 0 Å². The van der Waals surface area contributed by atoms with Crippen LogP contribution in [0.5, 0.6) is 0 Å². The zero-order chi connectivity index (χ0) is 14.0. The molecule has 0 bridgehead atoms. The lowest BCUT2D eigenvalue weighted by atomic mass is 10.2. The molecule has 0 spiro atoms. The summed E-state index contributed by atoms with van der Waals surface area (Å²) in [5.74, 6) is 0.0139. The Kier molecular flexibility index (Phi) is 4.12. The zero-order valence-corrected chi connectivity index (χ0v) is 10.1. The van der Waals surface area contributed by atoms with Crippen LogP contribution in [-0.2, 0) is 11.3 Å². The fourth-order valence-corrected chi connectivity index (χ4v) is 2.00. The van der Waals surface area contributed by atoms with E-state index in [0.29, 0.717) is 5.56 Å². The number of anilines is 1. The van der Waals surface area contributed by atoms with E-state index in [-0.39, 0.29) is 25.4 Å². The molecule has 9 heteroatoms. The van der Waals surface area contributed by atoms with E-state index in [4.69, 9.17) is 20.8 Å². The van der Waals surface area contributed by atoms with E-state index >= 15 is 0 Å². The van der Waals surface area contributed by atoms with Gasteiger partial charge >= 0.3 is 5.69 Å². The number of rotatable bonds is 4. The monoisotopic (exact) mass is 272 g/mol. The van der Waals surface area contributed by atoms with Crippen molar-refractivity contribution in [2.45, 2.75) is 31.4 Å². The zero-order valence-electron chi connectivity index (χ0n) is 10.1. The molecule has 0 saturated carbocycles. The molecule has 0 radical (unpaired) electrons. The van der Waals surface area contributed by atoms with Gasteiger partial charge in [0.05, 0.1) is 19.3 Å². The summed E-state index contributed by atoms with van der Waals surface area (Å²) in [6, 6.07) is 0. The van der Waals surface area contributed by atoms with Crippen LogP contribution in [0.2, 0.25) is 0 Å². The highest BCUT2D eigenvalue weighted by Crippen LogP contribution is 2.27. The van der Waals surface area contributed by atoms with Crippen molar-refractivity contribution in [1.29, 1.82) is 0 Å². The van der Waals surface area contributed by atoms with Crippen molar-refractivity contribution in [3.63, 3.8) is 0 Å². The van der Waals surface area contributed by atoms with E-state index in [1.54, 1.807) is 0 Å². The van der Waals surface area contributed by atoms with Crippen LogP contribution in [0.15, 0.2) is 11.0 Å². The molecule has 1 aliphatic rings. The molecule has 9 nitrogen and oxygen atoms in total. The Balaban J connectivity index is 2.30. The highest BCUT2D eigenvalue weighted by Gasteiger charge is 2.35. The Morgan fingerprint density at radius 1 is 1.63 bits per heavy atom. The second kappa shape index (κ2) is 5.63. The summed E-state index contributed by atoms with van der Waals surface area (Å²) in [5.41, 5.74) is 7.28. The quantitative estimate of drug-likeness (QED) is 0.394. The molecular formula is C10H16N4O5. The molecule has 2 rings (SSSR count). The van der Waals surface area contributed by atoms with Gasteiger partial charge in [-0.25, -0.2) is 10.3 Å². The summed E-state index contributed by atoms with van der Waals surface area (Å²) < 4.78 is 6.54. The second-order valence-corrected chi connectivity index (χ2v) is 4.29. The van der Waals surface area contributed by atoms with Gasteiger partial charge in [0.25, 0.3) is 0 Å². The lowest BCUT2D eigenvalue weighted by Gasteiger charge is -2.16. The normalized spacial score (nSPS) is 26.8. The maximum absolute atomic E-state index is 11.7. The lowest BCUT2D eigenvalue weighted by Crippen LogP contribution is -2.29. The van der Waals surface area contributed by atoms with Gasteiger partial charge in [0.15, 0.2) is 0 Å². The van der Waals surface area contributed by atoms with Crippen molar-refractivity contribution in [2.24, 2.45) is 0 Å². The predicted molar refractivity (Wildman–Crippen MR) is 63.2 cm³/mol. The van der Waals surface area contributed by atoms with E-state index in [1.165, 1.54) is 10.8 Å². The minimum atomic E-state index is -0.848. The van der Waals surface area contributed by atoms with Gasteiger partial charge in [-0.05, 0) is 0 Å². The van der Waals surface area contributed by atoms with Gasteiger partial charge in [-0.3, -0.25) is 4.57 Å². The largest absolute Gasteiger partial charge is 0.394 e. The predicted octanol–water partition coefficient (Wildman–Crippen LogP) is -2.05. The smallest absolute Gasteiger partial charge is 0.351 e. The van der Waals surface area contributed by atoms with Crippen LogP contribution in [0.4, 0.5) is 5.82 Å². The Morgan fingerprint density at radius 2 is 2.37 bits per heavy atom. The molecule has 2 heterocycles. The Bertz CT molecular complexity index is 505. The van der Waals surface area contributed by atoms with Gasteiger partial charge in [-0.15, -0.1) is 0 Å². The number of hydrogen-bond acceptors (Lipinski definition) is 8. The van der Waals surface area contributed by atoms with Gasteiger partial charge in [0, 0.05) is 18.2 Å². The number of hydrogen-bond donors (Lipinski definition) is 5. The van der Waals surface area contributed by atoms with Crippen molar-refractivity contribution in [3.05, 3.63) is 22.2 Å². The van der Waals surface area contributed by atoms with E-state index in [2.05, 4.69) is 4.98 Å². The van der Waals surface area contributed by atoms with Gasteiger partial charge in [0.2, 0.25) is 0 Å². The SMILES string of the molecule is Nc1nc(=O)n([C@H]2CC(O)[C@@H](CO)O2)cc1CNO. The first-order valence-corrected chi connectivity index (χ1v) is 5.75. The number of nitrogens with two attached hydrogens (primary N) is 1. The van der Waals surface area contributed by atoms with Crippen LogP contribution in [0, 0.1) is 0 Å². The summed E-state index contributed by atoms with van der Waals surface area (Å²) >= 11 is 0. The molecule has 0 aliphatic carbocycles. The first-order valence-electron chi connectivity index (χ1n) is 5.75. The van der Waals surface area contributed by atoms with Crippen LogP contribution >= 0.6 is 0 Å². The van der Waals surface area contributed by atoms with Crippen molar-refractivity contribution < 1.29 is 20.2 Å². The number of nitrogens with one attached hydrogen (secondary N) is 1. The average Bonchev–Trinajstić information content (AvgIpc) is 2.74. The van der Waals surface area contributed by atoms with Gasteiger partial charge in [-0.2, -0.15) is 4.98 Å². The third-order valence-electron chi connectivity index (χ3n) is 3.02. The molecule has 1 unspecified atom stereocenters. The molecule has 0 amide bonds. The van der Waals surface area contributed by atoms with Crippen LogP contribution in [0.1, 0.15) is 18.2 Å². The fraction of sp³-hybridized carbons (Fsp3) is 0.600. The summed E-state index contributed by atoms with van der Waals surface area (Å²) in [6.07, 6.45) is -0.716. The lowest BCUT2D eigenvalue weighted by molar-refractivity contribution is -0.0459. The average molecular weight is 272 g/mol. The van der Waals surface area contributed by atoms with Crippen LogP contribution in [0.3, 0.4) is 0 Å². The second-order valence-electron chi connectivity index (χ2n) is 4.29. The summed E-state index contributed by atoms with van der Waals surface area (Å²) in [6.45, 7) is -0.308. The van der Waals surface area contributed by atoms with Gasteiger partial charge < -0.3 is 25.9 Å². The first-order chi connectivity index (χ1) is 9.06. The highest BCUT2D eigenvalue weighted by atomic mass is 16.5. The number of nitrogens with zero attached hydrogens (tertiary/aromatic N) is 2. The summed E-state index contributed by atoms with van der Waals surface area (Å²) in [4.78, 5) is 15.4. The Morgan fingerprint density at radius 3 is 2.95 bits per heavy atom. The maximum Gasteiger partial charge on any atom is 0.351 e. The number of nitrogen functional groups attached to an aromatic ring is 1. The van der Waals surface area contributed by atoms with Gasteiger partial charge in [0.1, 0.15) is 18.1 Å². The number of aliphatic hydroxyl groups is 2. The van der Waals surface area contributed by atoms with Crippen molar-refractivity contribution in [1.82, 2.24) is 15.0 Å². The van der Waals surface area contributed by atoms with Crippen LogP contribution in [-0.4, -0.2) is 43.8 Å². The number of ether oxygens (including phenoxy) is 1. The highest BCUT2D eigenvalue weighted by molar-refractivity contribution is 5.36. The third kappa shape index (κ3) is 2.74. The van der Waals surface area contributed by atoms with E-state index in [1.807, 2.05) is 5.48 Å². The van der Waals surface area contributed by atoms with E-state index < -0.39 is 24.1 Å². The molecular weight excluding hydrogens is 256 g/mol. The standard InChI is InChI=1S/C10H16N4O5/c11-9-5(2-12-18)3-14(10(17)13-9)8-1-6(16)7(4-15)19-8/h3,6-8,12,15-16,18H,1-2,4H2,(H2,11,13,17)/t6?,7-,8-/m1/s1. The number of aliphatic hydroxyl groups excluding tert-OH is 2. The Hall–Kier alpha value is -1.52. The van der Waals surface area contributed by atoms with E-state index in [9.17, 15) is 9.90 Å².